The second kappa shape index (κ2) is 6.08. The van der Waals surface area contributed by atoms with E-state index in [2.05, 4.69) is 0 Å². The van der Waals surface area contributed by atoms with Gasteiger partial charge in [0.15, 0.2) is 0 Å². The molecule has 1 fully saturated rings. The van der Waals surface area contributed by atoms with Crippen LogP contribution in [0.4, 0.5) is 0 Å². The molecule has 4 heteroatoms. The Balaban J connectivity index is 2.24. The van der Waals surface area contributed by atoms with Gasteiger partial charge >= 0.3 is 0 Å². The highest BCUT2D eigenvalue weighted by atomic mass is 16.3. The number of nitrogens with two attached hydrogens (primary N) is 1. The summed E-state index contributed by atoms with van der Waals surface area (Å²) in [6.45, 7) is 3.98. The predicted octanol–water partition coefficient (Wildman–Crippen LogP) is 0.345. The number of unbranched alkanes of at least 4 members (excludes halogenated alkanes) is 1. The fourth-order valence-electron chi connectivity index (χ4n) is 1.99. The molecule has 1 saturated heterocycles. The highest BCUT2D eigenvalue weighted by molar-refractivity contribution is 5.76. The van der Waals surface area contributed by atoms with Gasteiger partial charge in [-0.15, -0.1) is 0 Å². The molecule has 0 spiro atoms. The van der Waals surface area contributed by atoms with Gasteiger partial charge in [0, 0.05) is 25.4 Å². The second-order valence-electron chi connectivity index (χ2n) is 4.37. The minimum Gasteiger partial charge on any atom is -0.393 e. The lowest BCUT2D eigenvalue weighted by atomic mass is 10.0. The lowest BCUT2D eigenvalue weighted by Crippen LogP contribution is -2.30. The average molecular weight is 214 g/mol. The Hall–Kier alpha value is -0.610. The quantitative estimate of drug-likeness (QED) is 0.649. The van der Waals surface area contributed by atoms with E-state index in [4.69, 9.17) is 5.73 Å². The van der Waals surface area contributed by atoms with Gasteiger partial charge in [0.2, 0.25) is 5.91 Å². The number of rotatable bonds is 5. The molecule has 1 amide bonds. The third-order valence-corrected chi connectivity index (χ3v) is 3.10. The summed E-state index contributed by atoms with van der Waals surface area (Å²) in [4.78, 5) is 13.6. The monoisotopic (exact) mass is 214 g/mol. The summed E-state index contributed by atoms with van der Waals surface area (Å²) in [7, 11) is 0. The van der Waals surface area contributed by atoms with E-state index in [0.717, 1.165) is 32.4 Å². The first-order valence-corrected chi connectivity index (χ1v) is 5.81. The maximum absolute atomic E-state index is 11.7. The van der Waals surface area contributed by atoms with Gasteiger partial charge < -0.3 is 15.7 Å². The van der Waals surface area contributed by atoms with Crippen LogP contribution in [0.15, 0.2) is 0 Å². The third kappa shape index (κ3) is 3.80. The normalized spacial score (nSPS) is 23.1. The van der Waals surface area contributed by atoms with Crippen LogP contribution in [0.3, 0.4) is 0 Å². The maximum Gasteiger partial charge on any atom is 0.222 e. The van der Waals surface area contributed by atoms with Crippen LogP contribution in [0.1, 0.15) is 32.6 Å². The van der Waals surface area contributed by atoms with Crippen molar-refractivity contribution in [3.05, 3.63) is 0 Å². The van der Waals surface area contributed by atoms with Gasteiger partial charge in [-0.25, -0.2) is 0 Å². The Morgan fingerprint density at radius 1 is 1.60 bits per heavy atom. The molecular weight excluding hydrogens is 192 g/mol. The van der Waals surface area contributed by atoms with E-state index in [9.17, 15) is 9.90 Å². The van der Waals surface area contributed by atoms with Gasteiger partial charge in [0.25, 0.3) is 0 Å². The van der Waals surface area contributed by atoms with Crippen molar-refractivity contribution in [2.75, 3.05) is 19.6 Å². The zero-order valence-corrected chi connectivity index (χ0v) is 9.48. The molecule has 1 heterocycles. The molecule has 0 aromatic heterocycles. The van der Waals surface area contributed by atoms with E-state index in [1.54, 1.807) is 6.92 Å². The van der Waals surface area contributed by atoms with Crippen molar-refractivity contribution in [3.63, 3.8) is 0 Å². The van der Waals surface area contributed by atoms with Crippen LogP contribution in [0.5, 0.6) is 0 Å². The van der Waals surface area contributed by atoms with Crippen LogP contribution < -0.4 is 5.73 Å². The molecular formula is C11H22N2O2. The summed E-state index contributed by atoms with van der Waals surface area (Å²) in [5.41, 5.74) is 5.37. The molecule has 1 aliphatic rings. The molecule has 0 aromatic carbocycles. The van der Waals surface area contributed by atoms with E-state index in [1.807, 2.05) is 4.90 Å². The lowest BCUT2D eigenvalue weighted by molar-refractivity contribution is -0.130. The molecule has 0 aliphatic carbocycles. The van der Waals surface area contributed by atoms with Gasteiger partial charge in [-0.1, -0.05) is 0 Å². The van der Waals surface area contributed by atoms with E-state index in [-0.39, 0.29) is 17.9 Å². The van der Waals surface area contributed by atoms with Crippen molar-refractivity contribution in [2.45, 2.75) is 38.7 Å². The first kappa shape index (κ1) is 12.5. The molecule has 0 bridgehead atoms. The number of aliphatic hydroxyl groups excluding tert-OH is 1. The standard InChI is InChI=1S/C11H22N2O2/c1-9(14)10-5-7-13(8-10)11(15)4-2-3-6-12/h9-10,14H,2-8,12H2,1H3. The summed E-state index contributed by atoms with van der Waals surface area (Å²) < 4.78 is 0. The molecule has 0 saturated carbocycles. The third-order valence-electron chi connectivity index (χ3n) is 3.10. The molecule has 1 rings (SSSR count). The largest absolute Gasteiger partial charge is 0.393 e. The first-order valence-electron chi connectivity index (χ1n) is 5.81. The maximum atomic E-state index is 11.7. The van der Waals surface area contributed by atoms with Crippen LogP contribution >= 0.6 is 0 Å². The van der Waals surface area contributed by atoms with Gasteiger partial charge in [-0.3, -0.25) is 4.79 Å². The molecule has 2 unspecified atom stereocenters. The summed E-state index contributed by atoms with van der Waals surface area (Å²) in [5.74, 6) is 0.482. The number of carbonyl (C=O) groups is 1. The van der Waals surface area contributed by atoms with Gasteiger partial charge in [-0.2, -0.15) is 0 Å². The van der Waals surface area contributed by atoms with Crippen molar-refractivity contribution in [2.24, 2.45) is 11.7 Å². The molecule has 0 radical (unpaired) electrons. The van der Waals surface area contributed by atoms with E-state index in [1.165, 1.54) is 0 Å². The van der Waals surface area contributed by atoms with Crippen LogP contribution in [0.2, 0.25) is 0 Å². The summed E-state index contributed by atoms with van der Waals surface area (Å²) >= 11 is 0. The second-order valence-corrected chi connectivity index (χ2v) is 4.37. The fraction of sp³-hybridized carbons (Fsp3) is 0.909. The number of hydrogen-bond donors (Lipinski definition) is 2. The average Bonchev–Trinajstić information content (AvgIpc) is 2.66. The minimum absolute atomic E-state index is 0.214. The molecule has 88 valence electrons. The van der Waals surface area contributed by atoms with Crippen LogP contribution in [-0.2, 0) is 4.79 Å². The van der Waals surface area contributed by atoms with E-state index >= 15 is 0 Å². The predicted molar refractivity (Wildman–Crippen MR) is 59.3 cm³/mol. The highest BCUT2D eigenvalue weighted by Gasteiger charge is 2.28. The highest BCUT2D eigenvalue weighted by Crippen LogP contribution is 2.20. The minimum atomic E-state index is -0.299. The SMILES string of the molecule is CC(O)C1CCN(C(=O)CCCCN)C1. The molecule has 4 nitrogen and oxygen atoms in total. The van der Waals surface area contributed by atoms with Crippen molar-refractivity contribution >= 4 is 5.91 Å². The summed E-state index contributed by atoms with van der Waals surface area (Å²) in [6, 6.07) is 0. The van der Waals surface area contributed by atoms with Crippen molar-refractivity contribution in [1.82, 2.24) is 4.90 Å². The summed E-state index contributed by atoms with van der Waals surface area (Å²) in [5, 5.41) is 9.41. The van der Waals surface area contributed by atoms with E-state index in [0.29, 0.717) is 13.0 Å². The molecule has 0 aromatic rings. The van der Waals surface area contributed by atoms with Gasteiger partial charge in [-0.05, 0) is 32.7 Å². The molecule has 15 heavy (non-hydrogen) atoms. The number of hydrogen-bond acceptors (Lipinski definition) is 3. The van der Waals surface area contributed by atoms with E-state index < -0.39 is 0 Å². The number of carbonyl (C=O) groups excluding carboxylic acids is 1. The zero-order valence-electron chi connectivity index (χ0n) is 9.48. The van der Waals surface area contributed by atoms with Gasteiger partial charge in [0.05, 0.1) is 6.10 Å². The molecule has 2 atom stereocenters. The van der Waals surface area contributed by atoms with Crippen molar-refractivity contribution in [1.29, 1.82) is 0 Å². The summed E-state index contributed by atoms with van der Waals surface area (Å²) in [6.07, 6.45) is 3.03. The van der Waals surface area contributed by atoms with Crippen LogP contribution in [-0.4, -0.2) is 41.7 Å². The van der Waals surface area contributed by atoms with Crippen LogP contribution in [0, 0.1) is 5.92 Å². The topological polar surface area (TPSA) is 66.6 Å². The Morgan fingerprint density at radius 2 is 2.33 bits per heavy atom. The first-order chi connectivity index (χ1) is 7.15. The Bertz CT molecular complexity index is 207. The Kier molecular flexibility index (Phi) is 5.05. The van der Waals surface area contributed by atoms with Crippen molar-refractivity contribution < 1.29 is 9.90 Å². The Morgan fingerprint density at radius 3 is 2.87 bits per heavy atom. The molecule has 3 N–H and O–H groups in total. The fourth-order valence-corrected chi connectivity index (χ4v) is 1.99. The van der Waals surface area contributed by atoms with Crippen LogP contribution in [0.25, 0.3) is 0 Å². The zero-order chi connectivity index (χ0) is 11.3. The Labute approximate surface area is 91.4 Å². The smallest absolute Gasteiger partial charge is 0.222 e. The number of likely N-dealkylation sites (tertiary alicyclic amines) is 1. The van der Waals surface area contributed by atoms with Gasteiger partial charge in [0.1, 0.15) is 0 Å². The number of nitrogens with zero attached hydrogens (tertiary/aromatic N) is 1. The lowest BCUT2D eigenvalue weighted by Gasteiger charge is -2.17. The molecule has 1 aliphatic heterocycles. The number of aliphatic hydroxyl groups is 1. The number of amides is 1. The van der Waals surface area contributed by atoms with Crippen molar-refractivity contribution in [3.8, 4) is 0 Å².